The van der Waals surface area contributed by atoms with Gasteiger partial charge in [-0.2, -0.15) is 5.21 Å². The molecular formula is C18H27N9O4S2. The SMILES string of the molecule is NCCCNSc1ccc(N2CCC3(CC2)CNC(=O)OC3)c(-c2nn[nH]n2)c1S(N)(=O)=O. The Morgan fingerprint density at radius 1 is 1.30 bits per heavy atom. The van der Waals surface area contributed by atoms with Crippen LogP contribution in [0.2, 0.25) is 0 Å². The lowest BCUT2D eigenvalue weighted by Gasteiger charge is -2.44. The van der Waals surface area contributed by atoms with Crippen molar-refractivity contribution in [2.24, 2.45) is 16.3 Å². The molecule has 0 bridgehead atoms. The predicted octanol–water partition coefficient (Wildman–Crippen LogP) is -0.214. The first-order valence-corrected chi connectivity index (χ1v) is 12.9. The molecule has 1 aromatic carbocycles. The van der Waals surface area contributed by atoms with Gasteiger partial charge in [0.25, 0.3) is 0 Å². The van der Waals surface area contributed by atoms with E-state index < -0.39 is 16.1 Å². The third-order valence-electron chi connectivity index (χ3n) is 5.90. The highest BCUT2D eigenvalue weighted by Crippen LogP contribution is 2.42. The molecule has 2 fully saturated rings. The van der Waals surface area contributed by atoms with Crippen LogP contribution in [0, 0.1) is 5.41 Å². The predicted molar refractivity (Wildman–Crippen MR) is 122 cm³/mol. The topological polar surface area (TPSA) is 194 Å². The van der Waals surface area contributed by atoms with Crippen molar-refractivity contribution >= 4 is 33.8 Å². The summed E-state index contributed by atoms with van der Waals surface area (Å²) < 4.78 is 33.8. The second kappa shape index (κ2) is 9.80. The van der Waals surface area contributed by atoms with Gasteiger partial charge in [-0.05, 0) is 55.1 Å². The molecule has 1 spiro atoms. The number of rotatable bonds is 8. The molecule has 3 heterocycles. The van der Waals surface area contributed by atoms with Crippen LogP contribution in [0.5, 0.6) is 0 Å². The summed E-state index contributed by atoms with van der Waals surface area (Å²) in [5.41, 5.74) is 6.36. The van der Waals surface area contributed by atoms with E-state index in [-0.39, 0.29) is 16.1 Å². The molecule has 1 aromatic heterocycles. The quantitative estimate of drug-likeness (QED) is 0.239. The first-order valence-electron chi connectivity index (χ1n) is 10.5. The van der Waals surface area contributed by atoms with Crippen LogP contribution < -0.4 is 25.8 Å². The first-order chi connectivity index (χ1) is 15.8. The van der Waals surface area contributed by atoms with Crippen molar-refractivity contribution in [1.29, 1.82) is 0 Å². The van der Waals surface area contributed by atoms with E-state index in [0.29, 0.717) is 55.5 Å². The minimum absolute atomic E-state index is 0.0554. The average Bonchev–Trinajstić information content (AvgIpc) is 3.33. The molecule has 0 radical (unpaired) electrons. The van der Waals surface area contributed by atoms with E-state index in [4.69, 9.17) is 15.6 Å². The number of tetrazole rings is 1. The minimum atomic E-state index is -4.13. The van der Waals surface area contributed by atoms with E-state index in [9.17, 15) is 13.2 Å². The third-order valence-corrected chi connectivity index (χ3v) is 7.93. The molecule has 0 saturated carbocycles. The number of H-pyrrole nitrogens is 1. The van der Waals surface area contributed by atoms with Gasteiger partial charge in [0.2, 0.25) is 15.8 Å². The second-order valence-corrected chi connectivity index (χ2v) is 10.6. The Kier molecular flexibility index (Phi) is 7.04. The Labute approximate surface area is 195 Å². The molecule has 2 aliphatic rings. The maximum absolute atomic E-state index is 12.7. The van der Waals surface area contributed by atoms with Gasteiger partial charge in [0.05, 0.1) is 5.56 Å². The van der Waals surface area contributed by atoms with Crippen LogP contribution in [-0.4, -0.2) is 74.5 Å². The van der Waals surface area contributed by atoms with E-state index in [0.717, 1.165) is 19.3 Å². The molecule has 2 aliphatic heterocycles. The Bertz CT molecular complexity index is 1070. The van der Waals surface area contributed by atoms with Crippen LogP contribution in [0.25, 0.3) is 11.4 Å². The van der Waals surface area contributed by atoms with E-state index in [2.05, 4.69) is 35.6 Å². The van der Waals surface area contributed by atoms with Gasteiger partial charge in [0.1, 0.15) is 11.5 Å². The lowest BCUT2D eigenvalue weighted by atomic mass is 9.78. The largest absolute Gasteiger partial charge is 0.449 e. The van der Waals surface area contributed by atoms with E-state index >= 15 is 0 Å². The van der Waals surface area contributed by atoms with E-state index in [1.54, 1.807) is 6.07 Å². The van der Waals surface area contributed by atoms with Gasteiger partial charge in [0, 0.05) is 42.2 Å². The number of benzene rings is 1. The lowest BCUT2D eigenvalue weighted by molar-refractivity contribution is 0.0352. The number of piperidine rings is 1. The number of anilines is 1. The average molecular weight is 498 g/mol. The number of nitrogens with one attached hydrogen (secondary N) is 3. The summed E-state index contributed by atoms with van der Waals surface area (Å²) in [5, 5.41) is 22.5. The van der Waals surface area contributed by atoms with Crippen LogP contribution in [0.4, 0.5) is 10.5 Å². The zero-order chi connectivity index (χ0) is 23.5. The Morgan fingerprint density at radius 3 is 2.70 bits per heavy atom. The highest BCUT2D eigenvalue weighted by atomic mass is 32.2. The summed E-state index contributed by atoms with van der Waals surface area (Å²) in [7, 11) is -4.13. The normalized spacial score (nSPS) is 18.2. The zero-order valence-corrected chi connectivity index (χ0v) is 19.5. The highest BCUT2D eigenvalue weighted by molar-refractivity contribution is 7.98. The number of carbonyl (C=O) groups is 1. The Hall–Kier alpha value is -2.46. The molecule has 180 valence electrons. The monoisotopic (exact) mass is 497 g/mol. The lowest BCUT2D eigenvalue weighted by Crippen LogP contribution is -2.53. The third kappa shape index (κ3) is 5.22. The molecule has 0 unspecified atom stereocenters. The molecule has 7 N–H and O–H groups in total. The number of nitrogens with two attached hydrogens (primary N) is 2. The molecule has 0 aliphatic carbocycles. The Balaban J connectivity index is 1.68. The van der Waals surface area contributed by atoms with Crippen molar-refractivity contribution in [1.82, 2.24) is 30.7 Å². The minimum Gasteiger partial charge on any atom is -0.449 e. The summed E-state index contributed by atoms with van der Waals surface area (Å²) >= 11 is 1.17. The summed E-state index contributed by atoms with van der Waals surface area (Å²) in [5.74, 6) is 0.145. The number of alkyl carbamates (subject to hydrolysis) is 1. The van der Waals surface area contributed by atoms with E-state index in [1.807, 2.05) is 6.07 Å². The van der Waals surface area contributed by atoms with Crippen LogP contribution in [0.3, 0.4) is 0 Å². The van der Waals surface area contributed by atoms with Crippen molar-refractivity contribution in [3.63, 3.8) is 0 Å². The molecule has 1 amide bonds. The summed E-state index contributed by atoms with van der Waals surface area (Å²) in [4.78, 5) is 13.8. The number of hydrogen-bond acceptors (Lipinski definition) is 11. The van der Waals surface area contributed by atoms with Crippen molar-refractivity contribution in [3.05, 3.63) is 12.1 Å². The number of aromatic amines is 1. The first kappa shape index (κ1) is 23.7. The molecule has 2 saturated heterocycles. The van der Waals surface area contributed by atoms with Crippen molar-refractivity contribution < 1.29 is 17.9 Å². The van der Waals surface area contributed by atoms with Gasteiger partial charge in [-0.25, -0.2) is 18.4 Å². The molecule has 33 heavy (non-hydrogen) atoms. The molecule has 4 rings (SSSR count). The molecule has 2 aromatic rings. The maximum atomic E-state index is 12.7. The summed E-state index contributed by atoms with van der Waals surface area (Å²) in [6.45, 7) is 3.33. The van der Waals surface area contributed by atoms with Gasteiger partial charge in [-0.15, -0.1) is 10.2 Å². The second-order valence-electron chi connectivity index (χ2n) is 8.12. The van der Waals surface area contributed by atoms with Crippen LogP contribution >= 0.6 is 11.9 Å². The Morgan fingerprint density at radius 2 is 2.09 bits per heavy atom. The molecular weight excluding hydrogens is 470 g/mol. The smallest absolute Gasteiger partial charge is 0.407 e. The van der Waals surface area contributed by atoms with Crippen LogP contribution in [0.1, 0.15) is 19.3 Å². The van der Waals surface area contributed by atoms with Gasteiger partial charge < -0.3 is 20.7 Å². The number of hydrogen-bond donors (Lipinski definition) is 5. The number of primary sulfonamides is 1. The number of ether oxygens (including phenoxy) is 1. The van der Waals surface area contributed by atoms with E-state index in [1.165, 1.54) is 11.9 Å². The van der Waals surface area contributed by atoms with Crippen molar-refractivity contribution in [3.8, 4) is 11.4 Å². The fourth-order valence-corrected chi connectivity index (χ4v) is 6.12. The number of nitrogens with zero attached hydrogens (tertiary/aromatic N) is 4. The standard InChI is InChI=1S/C18H27N9O4S2/c19-6-1-7-22-32-13-3-2-12(14(15(13)33(20,29)30)16-23-25-26-24-16)27-8-4-18(5-9-27)10-21-17(28)31-11-18/h2-3,22H,1,4-11,19H2,(H,21,28)(H2,20,29,30)(H,23,24,25,26). The number of cyclic esters (lactones) is 1. The molecule has 15 heteroatoms. The highest BCUT2D eigenvalue weighted by Gasteiger charge is 2.40. The van der Waals surface area contributed by atoms with Gasteiger partial charge in [0.15, 0.2) is 0 Å². The van der Waals surface area contributed by atoms with Gasteiger partial charge in [-0.1, -0.05) is 0 Å². The van der Waals surface area contributed by atoms with Crippen LogP contribution in [-0.2, 0) is 14.8 Å². The van der Waals surface area contributed by atoms with Crippen molar-refractivity contribution in [2.45, 2.75) is 29.1 Å². The van der Waals surface area contributed by atoms with Crippen molar-refractivity contribution in [2.75, 3.05) is 44.2 Å². The number of amides is 1. The number of carbonyl (C=O) groups excluding carboxylic acids is 1. The van der Waals surface area contributed by atoms with Crippen LogP contribution in [0.15, 0.2) is 21.9 Å². The molecule has 0 atom stereocenters. The summed E-state index contributed by atoms with van der Waals surface area (Å²) in [6.07, 6.45) is 1.88. The maximum Gasteiger partial charge on any atom is 0.407 e. The summed E-state index contributed by atoms with van der Waals surface area (Å²) in [6, 6.07) is 3.58. The number of aromatic nitrogens is 4. The molecule has 13 nitrogen and oxygen atoms in total. The zero-order valence-electron chi connectivity index (χ0n) is 17.9. The fourth-order valence-electron chi connectivity index (χ4n) is 4.09. The fraction of sp³-hybridized carbons (Fsp3) is 0.556. The van der Waals surface area contributed by atoms with Gasteiger partial charge in [-0.3, -0.25) is 4.72 Å². The number of sulfonamides is 1. The van der Waals surface area contributed by atoms with Gasteiger partial charge >= 0.3 is 6.09 Å².